The molecule has 4 nitrogen and oxygen atoms in total. The molecule has 0 aromatic heterocycles. The molecule has 2 rings (SSSR count). The van der Waals surface area contributed by atoms with Crippen molar-refractivity contribution in [2.24, 2.45) is 0 Å². The molecule has 0 saturated carbocycles. The second-order valence-electron chi connectivity index (χ2n) is 6.00. The lowest BCUT2D eigenvalue weighted by atomic mass is 9.80. The van der Waals surface area contributed by atoms with Gasteiger partial charge in [-0.3, -0.25) is 4.79 Å². The SMILES string of the molecule is COC(=O)CN1c2cc(OC)ccc2C(C)CC1(C)C. The number of methoxy groups -OCH3 is 2. The molecule has 1 aromatic rings. The second kappa shape index (κ2) is 5.35. The summed E-state index contributed by atoms with van der Waals surface area (Å²) in [7, 11) is 3.08. The quantitative estimate of drug-likeness (QED) is 0.796. The van der Waals surface area contributed by atoms with Gasteiger partial charge in [0.05, 0.1) is 14.2 Å². The number of rotatable bonds is 3. The fourth-order valence-electron chi connectivity index (χ4n) is 3.09. The smallest absolute Gasteiger partial charge is 0.325 e. The average molecular weight is 277 g/mol. The maximum Gasteiger partial charge on any atom is 0.325 e. The Morgan fingerprint density at radius 2 is 2.10 bits per heavy atom. The van der Waals surface area contributed by atoms with Gasteiger partial charge < -0.3 is 14.4 Å². The van der Waals surface area contributed by atoms with Gasteiger partial charge >= 0.3 is 5.97 Å². The Balaban J connectivity index is 2.48. The average Bonchev–Trinajstić information content (AvgIpc) is 2.41. The maximum absolute atomic E-state index is 11.7. The highest BCUT2D eigenvalue weighted by Crippen LogP contribution is 2.44. The van der Waals surface area contributed by atoms with Crippen molar-refractivity contribution in [1.82, 2.24) is 0 Å². The van der Waals surface area contributed by atoms with Crippen molar-refractivity contribution in [3.8, 4) is 5.75 Å². The zero-order chi connectivity index (χ0) is 14.9. The number of esters is 1. The van der Waals surface area contributed by atoms with E-state index in [0.29, 0.717) is 5.92 Å². The van der Waals surface area contributed by atoms with Crippen molar-refractivity contribution in [1.29, 1.82) is 0 Å². The van der Waals surface area contributed by atoms with E-state index in [1.54, 1.807) is 7.11 Å². The van der Waals surface area contributed by atoms with Gasteiger partial charge in [0.15, 0.2) is 0 Å². The third-order valence-corrected chi connectivity index (χ3v) is 4.11. The van der Waals surface area contributed by atoms with Gasteiger partial charge in [-0.15, -0.1) is 0 Å². The molecule has 1 aromatic carbocycles. The summed E-state index contributed by atoms with van der Waals surface area (Å²) in [5.74, 6) is 1.05. The van der Waals surface area contributed by atoms with E-state index < -0.39 is 0 Å². The first kappa shape index (κ1) is 14.7. The van der Waals surface area contributed by atoms with E-state index in [0.717, 1.165) is 17.9 Å². The van der Waals surface area contributed by atoms with Crippen LogP contribution in [0.2, 0.25) is 0 Å². The van der Waals surface area contributed by atoms with Crippen molar-refractivity contribution in [2.75, 3.05) is 25.7 Å². The molecule has 1 heterocycles. The minimum absolute atomic E-state index is 0.0903. The zero-order valence-electron chi connectivity index (χ0n) is 12.9. The molecule has 0 radical (unpaired) electrons. The summed E-state index contributed by atoms with van der Waals surface area (Å²) in [4.78, 5) is 13.8. The number of hydrogen-bond donors (Lipinski definition) is 0. The van der Waals surface area contributed by atoms with Crippen molar-refractivity contribution in [2.45, 2.75) is 38.6 Å². The van der Waals surface area contributed by atoms with E-state index in [9.17, 15) is 4.79 Å². The van der Waals surface area contributed by atoms with E-state index in [1.807, 2.05) is 12.1 Å². The molecule has 1 aliphatic rings. The van der Waals surface area contributed by atoms with Crippen LogP contribution in [-0.2, 0) is 9.53 Å². The van der Waals surface area contributed by atoms with E-state index in [-0.39, 0.29) is 18.1 Å². The number of anilines is 1. The molecule has 4 heteroatoms. The summed E-state index contributed by atoms with van der Waals surface area (Å²) >= 11 is 0. The number of nitrogens with zero attached hydrogens (tertiary/aromatic N) is 1. The van der Waals surface area contributed by atoms with Crippen molar-refractivity contribution < 1.29 is 14.3 Å². The van der Waals surface area contributed by atoms with Crippen LogP contribution in [0.1, 0.15) is 38.7 Å². The normalized spacial score (nSPS) is 20.2. The Hall–Kier alpha value is -1.71. The van der Waals surface area contributed by atoms with Crippen LogP contribution in [0.3, 0.4) is 0 Å². The Bertz CT molecular complexity index is 510. The van der Waals surface area contributed by atoms with Gasteiger partial charge in [0.2, 0.25) is 0 Å². The van der Waals surface area contributed by atoms with Gasteiger partial charge in [-0.1, -0.05) is 13.0 Å². The molecular formula is C16H23NO3. The zero-order valence-corrected chi connectivity index (χ0v) is 12.9. The third-order valence-electron chi connectivity index (χ3n) is 4.11. The van der Waals surface area contributed by atoms with Crippen LogP contribution in [-0.4, -0.2) is 32.3 Å². The molecule has 0 spiro atoms. The largest absolute Gasteiger partial charge is 0.497 e. The molecular weight excluding hydrogens is 254 g/mol. The lowest BCUT2D eigenvalue weighted by molar-refractivity contribution is -0.139. The lowest BCUT2D eigenvalue weighted by Crippen LogP contribution is -2.50. The lowest BCUT2D eigenvalue weighted by Gasteiger charge is -2.47. The number of benzene rings is 1. The van der Waals surface area contributed by atoms with Gasteiger partial charge in [0, 0.05) is 17.3 Å². The molecule has 0 amide bonds. The number of fused-ring (bicyclic) bond motifs is 1. The topological polar surface area (TPSA) is 38.8 Å². The number of carbonyl (C=O) groups excluding carboxylic acids is 1. The van der Waals surface area contributed by atoms with Crippen LogP contribution in [0, 0.1) is 0 Å². The number of hydrogen-bond acceptors (Lipinski definition) is 4. The highest BCUT2D eigenvalue weighted by atomic mass is 16.5. The summed E-state index contributed by atoms with van der Waals surface area (Å²) in [5, 5.41) is 0. The minimum atomic E-state index is -0.221. The Kier molecular flexibility index (Phi) is 3.93. The fraction of sp³-hybridized carbons (Fsp3) is 0.562. The first-order valence-electron chi connectivity index (χ1n) is 6.91. The van der Waals surface area contributed by atoms with Crippen LogP contribution in [0.15, 0.2) is 18.2 Å². The standard InChI is InChI=1S/C16H23NO3/c1-11-9-16(2,3)17(10-15(18)20-5)14-8-12(19-4)6-7-13(11)14/h6-8,11H,9-10H2,1-5H3. The van der Waals surface area contributed by atoms with E-state index in [2.05, 4.69) is 31.7 Å². The maximum atomic E-state index is 11.7. The van der Waals surface area contributed by atoms with Crippen molar-refractivity contribution >= 4 is 11.7 Å². The van der Waals surface area contributed by atoms with Gasteiger partial charge in [-0.05, 0) is 37.8 Å². The van der Waals surface area contributed by atoms with Crippen molar-refractivity contribution in [3.63, 3.8) is 0 Å². The molecule has 0 saturated heterocycles. The Labute approximate surface area is 120 Å². The predicted molar refractivity (Wildman–Crippen MR) is 79.5 cm³/mol. The highest BCUT2D eigenvalue weighted by Gasteiger charge is 2.37. The van der Waals surface area contributed by atoms with E-state index in [1.165, 1.54) is 12.7 Å². The minimum Gasteiger partial charge on any atom is -0.497 e. The molecule has 1 unspecified atom stereocenters. The van der Waals surface area contributed by atoms with Crippen LogP contribution < -0.4 is 9.64 Å². The molecule has 20 heavy (non-hydrogen) atoms. The van der Waals surface area contributed by atoms with Crippen molar-refractivity contribution in [3.05, 3.63) is 23.8 Å². The molecule has 0 aliphatic carbocycles. The monoisotopic (exact) mass is 277 g/mol. The molecule has 0 N–H and O–H groups in total. The molecule has 0 bridgehead atoms. The molecule has 110 valence electrons. The van der Waals surface area contributed by atoms with E-state index in [4.69, 9.17) is 9.47 Å². The van der Waals surface area contributed by atoms with Crippen LogP contribution in [0.5, 0.6) is 5.75 Å². The Morgan fingerprint density at radius 3 is 2.70 bits per heavy atom. The summed E-state index contributed by atoms with van der Waals surface area (Å²) in [6.45, 7) is 6.81. The number of carbonyl (C=O) groups is 1. The molecule has 0 fully saturated rings. The van der Waals surface area contributed by atoms with Gasteiger partial charge in [-0.25, -0.2) is 0 Å². The first-order chi connectivity index (χ1) is 9.39. The van der Waals surface area contributed by atoms with E-state index >= 15 is 0 Å². The first-order valence-corrected chi connectivity index (χ1v) is 6.91. The van der Waals surface area contributed by atoms with Crippen LogP contribution in [0.25, 0.3) is 0 Å². The summed E-state index contributed by atoms with van der Waals surface area (Å²) < 4.78 is 10.2. The third kappa shape index (κ3) is 2.60. The summed E-state index contributed by atoms with van der Waals surface area (Å²) in [6, 6.07) is 6.08. The molecule has 1 aliphatic heterocycles. The summed E-state index contributed by atoms with van der Waals surface area (Å²) in [5.41, 5.74) is 2.24. The van der Waals surface area contributed by atoms with Crippen LogP contribution >= 0.6 is 0 Å². The second-order valence-corrected chi connectivity index (χ2v) is 6.00. The predicted octanol–water partition coefficient (Wildman–Crippen LogP) is 2.96. The van der Waals surface area contributed by atoms with Gasteiger partial charge in [-0.2, -0.15) is 0 Å². The Morgan fingerprint density at radius 1 is 1.40 bits per heavy atom. The highest BCUT2D eigenvalue weighted by molar-refractivity contribution is 5.78. The summed E-state index contributed by atoms with van der Waals surface area (Å²) in [6.07, 6.45) is 1.00. The number of ether oxygens (including phenoxy) is 2. The molecule has 1 atom stereocenters. The van der Waals surface area contributed by atoms with Crippen LogP contribution in [0.4, 0.5) is 5.69 Å². The van der Waals surface area contributed by atoms with Gasteiger partial charge in [0.1, 0.15) is 12.3 Å². The fourth-order valence-corrected chi connectivity index (χ4v) is 3.09. The van der Waals surface area contributed by atoms with Gasteiger partial charge in [0.25, 0.3) is 0 Å².